The molecule has 6 nitrogen and oxygen atoms in total. The van der Waals surface area contributed by atoms with E-state index in [4.69, 9.17) is 10.2 Å². The summed E-state index contributed by atoms with van der Waals surface area (Å²) in [5, 5.41) is 18.3. The van der Waals surface area contributed by atoms with Gasteiger partial charge in [0.2, 0.25) is 0 Å². The summed E-state index contributed by atoms with van der Waals surface area (Å²) in [7, 11) is 0. The summed E-state index contributed by atoms with van der Waals surface area (Å²) in [4.78, 5) is 20.0. The van der Waals surface area contributed by atoms with Crippen molar-refractivity contribution < 1.29 is 19.8 Å². The number of urea groups is 1. The lowest BCUT2D eigenvalue weighted by molar-refractivity contribution is -0.140. The molecule has 0 aromatic heterocycles. The van der Waals surface area contributed by atoms with E-state index in [1.165, 1.54) is 0 Å². The number of primary amides is 1. The molecular weight excluding hydrogens is 140 g/mol. The van der Waals surface area contributed by atoms with E-state index in [1.807, 2.05) is 5.32 Å². The van der Waals surface area contributed by atoms with E-state index in [-0.39, 0.29) is 0 Å². The van der Waals surface area contributed by atoms with Gasteiger partial charge in [-0.05, 0) is 0 Å². The number of nitrogens with one attached hydrogen (secondary N) is 1. The summed E-state index contributed by atoms with van der Waals surface area (Å²) >= 11 is 0. The number of hydrogen-bond donors (Lipinski definition) is 4. The Bertz CT molecular complexity index is 146. The normalized spacial score (nSPS) is 12.1. The van der Waals surface area contributed by atoms with Crippen LogP contribution in [-0.2, 0) is 4.79 Å². The Morgan fingerprint density at radius 3 is 2.20 bits per heavy atom. The molecule has 0 fully saturated rings. The van der Waals surface area contributed by atoms with Crippen LogP contribution < -0.4 is 11.1 Å². The Morgan fingerprint density at radius 2 is 2.10 bits per heavy atom. The van der Waals surface area contributed by atoms with E-state index in [9.17, 15) is 9.59 Å². The number of aliphatic hydroxyl groups excluding tert-OH is 1. The summed E-state index contributed by atoms with van der Waals surface area (Å²) in [6.07, 6.45) is 0. The van der Waals surface area contributed by atoms with Gasteiger partial charge in [0.05, 0.1) is 6.61 Å². The van der Waals surface area contributed by atoms with Crippen molar-refractivity contribution in [3.05, 3.63) is 0 Å². The van der Waals surface area contributed by atoms with Crippen LogP contribution in [0.5, 0.6) is 0 Å². The second kappa shape index (κ2) is 3.67. The van der Waals surface area contributed by atoms with Crippen molar-refractivity contribution in [2.45, 2.75) is 6.04 Å². The molecular formula is C4H8N2O4. The maximum atomic E-state index is 10.0. The average molecular weight is 148 g/mol. The molecule has 5 N–H and O–H groups in total. The smallest absolute Gasteiger partial charge is 0.328 e. The van der Waals surface area contributed by atoms with Crippen molar-refractivity contribution in [2.75, 3.05) is 6.61 Å². The molecule has 0 aliphatic heterocycles. The van der Waals surface area contributed by atoms with Gasteiger partial charge in [0, 0.05) is 0 Å². The highest BCUT2D eigenvalue weighted by Gasteiger charge is 2.16. The highest BCUT2D eigenvalue weighted by atomic mass is 16.4. The van der Waals surface area contributed by atoms with Crippen molar-refractivity contribution >= 4 is 12.0 Å². The van der Waals surface area contributed by atoms with Crippen molar-refractivity contribution in [3.8, 4) is 0 Å². The number of nitrogens with two attached hydrogens (primary N) is 1. The first-order valence-electron chi connectivity index (χ1n) is 2.47. The SMILES string of the molecule is NC(=O)N[C@H](CO)C(=O)O. The van der Waals surface area contributed by atoms with Gasteiger partial charge in [-0.15, -0.1) is 0 Å². The predicted molar refractivity (Wildman–Crippen MR) is 31.2 cm³/mol. The van der Waals surface area contributed by atoms with Crippen molar-refractivity contribution in [3.63, 3.8) is 0 Å². The van der Waals surface area contributed by atoms with E-state index in [0.717, 1.165) is 0 Å². The number of hydrogen-bond acceptors (Lipinski definition) is 3. The number of aliphatic hydroxyl groups is 1. The number of amides is 2. The number of carboxylic acids is 1. The largest absolute Gasteiger partial charge is 0.480 e. The van der Waals surface area contributed by atoms with Crippen molar-refractivity contribution in [1.82, 2.24) is 5.32 Å². The molecule has 0 aliphatic carbocycles. The number of aliphatic carboxylic acids is 1. The number of rotatable bonds is 3. The molecule has 10 heavy (non-hydrogen) atoms. The third-order valence-corrected chi connectivity index (χ3v) is 0.797. The van der Waals surface area contributed by atoms with E-state index >= 15 is 0 Å². The maximum Gasteiger partial charge on any atom is 0.328 e. The summed E-state index contributed by atoms with van der Waals surface area (Å²) < 4.78 is 0. The van der Waals surface area contributed by atoms with E-state index in [1.54, 1.807) is 0 Å². The topological polar surface area (TPSA) is 113 Å². The molecule has 58 valence electrons. The first-order valence-corrected chi connectivity index (χ1v) is 2.47. The Balaban J connectivity index is 3.83. The van der Waals surface area contributed by atoms with Gasteiger partial charge >= 0.3 is 12.0 Å². The third kappa shape index (κ3) is 2.88. The molecule has 6 heteroatoms. The molecule has 0 spiro atoms. The molecule has 0 bridgehead atoms. The van der Waals surface area contributed by atoms with Crippen LogP contribution in [0.1, 0.15) is 0 Å². The second-order valence-electron chi connectivity index (χ2n) is 1.58. The van der Waals surface area contributed by atoms with Gasteiger partial charge in [-0.25, -0.2) is 9.59 Å². The summed E-state index contributed by atoms with van der Waals surface area (Å²) in [5.41, 5.74) is 4.58. The summed E-state index contributed by atoms with van der Waals surface area (Å²) in [5.74, 6) is -1.32. The van der Waals surface area contributed by atoms with Crippen LogP contribution in [0.4, 0.5) is 4.79 Å². The van der Waals surface area contributed by atoms with Crippen LogP contribution in [0.25, 0.3) is 0 Å². The lowest BCUT2D eigenvalue weighted by Crippen LogP contribution is -2.45. The minimum Gasteiger partial charge on any atom is -0.480 e. The molecule has 0 saturated heterocycles. The first-order chi connectivity index (χ1) is 4.57. The lowest BCUT2D eigenvalue weighted by Gasteiger charge is -2.07. The van der Waals surface area contributed by atoms with Crippen molar-refractivity contribution in [2.24, 2.45) is 5.73 Å². The number of carbonyl (C=O) groups excluding carboxylic acids is 1. The van der Waals surface area contributed by atoms with Crippen LogP contribution in [0.3, 0.4) is 0 Å². The standard InChI is InChI=1S/C4H8N2O4/c5-4(10)6-2(1-7)3(8)9/h2,7H,1H2,(H,8,9)(H3,5,6,10)/t2-/m1/s1. The third-order valence-electron chi connectivity index (χ3n) is 0.797. The van der Waals surface area contributed by atoms with Crippen LogP contribution in [-0.4, -0.2) is 34.9 Å². The Morgan fingerprint density at radius 1 is 1.60 bits per heavy atom. The van der Waals surface area contributed by atoms with Crippen LogP contribution in [0.15, 0.2) is 0 Å². The molecule has 0 radical (unpaired) electrons. The maximum absolute atomic E-state index is 10.0. The molecule has 2 amide bonds. The zero-order valence-corrected chi connectivity index (χ0v) is 5.07. The van der Waals surface area contributed by atoms with E-state index < -0.39 is 24.6 Å². The monoisotopic (exact) mass is 148 g/mol. The summed E-state index contributed by atoms with van der Waals surface area (Å²) in [6, 6.07) is -2.28. The van der Waals surface area contributed by atoms with Gasteiger partial charge in [-0.2, -0.15) is 0 Å². The lowest BCUT2D eigenvalue weighted by atomic mass is 10.3. The number of carboxylic acid groups (broad SMARTS) is 1. The Kier molecular flexibility index (Phi) is 3.20. The Hall–Kier alpha value is -1.30. The van der Waals surface area contributed by atoms with Gasteiger partial charge < -0.3 is 21.3 Å². The van der Waals surface area contributed by atoms with Gasteiger partial charge in [0.15, 0.2) is 6.04 Å². The highest BCUT2D eigenvalue weighted by molar-refractivity contribution is 5.81. The van der Waals surface area contributed by atoms with Crippen LogP contribution in [0.2, 0.25) is 0 Å². The van der Waals surface area contributed by atoms with E-state index in [2.05, 4.69) is 5.73 Å². The summed E-state index contributed by atoms with van der Waals surface area (Å²) in [6.45, 7) is -0.668. The highest BCUT2D eigenvalue weighted by Crippen LogP contribution is 1.79. The molecule has 0 heterocycles. The molecule has 0 aromatic rings. The first kappa shape index (κ1) is 8.70. The molecule has 0 saturated carbocycles. The predicted octanol–water partition coefficient (Wildman–Crippen LogP) is -1.90. The van der Waals surface area contributed by atoms with Crippen LogP contribution >= 0.6 is 0 Å². The minimum atomic E-state index is -1.32. The van der Waals surface area contributed by atoms with Gasteiger partial charge in [0.1, 0.15) is 0 Å². The fourth-order valence-corrected chi connectivity index (χ4v) is 0.357. The second-order valence-corrected chi connectivity index (χ2v) is 1.58. The molecule has 0 aromatic carbocycles. The van der Waals surface area contributed by atoms with Crippen molar-refractivity contribution in [1.29, 1.82) is 0 Å². The van der Waals surface area contributed by atoms with E-state index in [0.29, 0.717) is 0 Å². The average Bonchev–Trinajstić information content (AvgIpc) is 1.81. The Labute approximate surface area is 56.6 Å². The number of carbonyl (C=O) groups is 2. The van der Waals surface area contributed by atoms with Crippen LogP contribution in [0, 0.1) is 0 Å². The molecule has 0 rings (SSSR count). The molecule has 0 unspecified atom stereocenters. The fraction of sp³-hybridized carbons (Fsp3) is 0.500. The quantitative estimate of drug-likeness (QED) is 0.374. The molecule has 1 atom stereocenters. The van der Waals surface area contributed by atoms with Gasteiger partial charge in [-0.3, -0.25) is 0 Å². The zero-order valence-electron chi connectivity index (χ0n) is 5.07. The zero-order chi connectivity index (χ0) is 8.15. The van der Waals surface area contributed by atoms with Gasteiger partial charge in [0.25, 0.3) is 0 Å². The van der Waals surface area contributed by atoms with Gasteiger partial charge in [-0.1, -0.05) is 0 Å². The molecule has 0 aliphatic rings. The fourth-order valence-electron chi connectivity index (χ4n) is 0.357. The minimum absolute atomic E-state index is 0.668.